The number of allylic oxidation sites excluding steroid dienone is 2. The molecule has 2 rings (SSSR count). The van der Waals surface area contributed by atoms with E-state index < -0.39 is 0 Å². The van der Waals surface area contributed by atoms with Gasteiger partial charge in [-0.1, -0.05) is 32.0 Å². The summed E-state index contributed by atoms with van der Waals surface area (Å²) in [7, 11) is 5.85. The van der Waals surface area contributed by atoms with Crippen molar-refractivity contribution in [2.45, 2.75) is 19.3 Å². The van der Waals surface area contributed by atoms with Crippen molar-refractivity contribution in [2.24, 2.45) is 0 Å². The predicted octanol–water partition coefficient (Wildman–Crippen LogP) is 2.66. The molecule has 0 aliphatic carbocycles. The Bertz CT molecular complexity index is 540. The van der Waals surface area contributed by atoms with Crippen molar-refractivity contribution in [1.29, 1.82) is 0 Å². The quantitative estimate of drug-likeness (QED) is 0.619. The maximum Gasteiger partial charge on any atom is 0.164 e. The monoisotopic (exact) mass is 273 g/mol. The van der Waals surface area contributed by atoms with Crippen LogP contribution in [0, 0.1) is 0 Å². The Hall–Kier alpha value is -1.61. The zero-order chi connectivity index (χ0) is 14.8. The van der Waals surface area contributed by atoms with Gasteiger partial charge < -0.3 is 9.64 Å². The highest BCUT2D eigenvalue weighted by Crippen LogP contribution is 2.47. The highest BCUT2D eigenvalue weighted by atomic mass is 16.5. The Morgan fingerprint density at radius 2 is 1.95 bits per heavy atom. The van der Waals surface area contributed by atoms with Gasteiger partial charge in [0.15, 0.2) is 6.21 Å². The minimum absolute atomic E-state index is 0.0246. The van der Waals surface area contributed by atoms with Crippen LogP contribution in [0.25, 0.3) is 0 Å². The van der Waals surface area contributed by atoms with E-state index in [1.807, 2.05) is 14.1 Å². The van der Waals surface area contributed by atoms with E-state index in [0.29, 0.717) is 0 Å². The fourth-order valence-electron chi connectivity index (χ4n) is 2.78. The fourth-order valence-corrected chi connectivity index (χ4v) is 2.78. The minimum atomic E-state index is 0.0246. The van der Waals surface area contributed by atoms with E-state index >= 15 is 0 Å². The normalized spacial score (nSPS) is 18.2. The molecule has 0 spiro atoms. The number of hydrogen-bond donors (Lipinski definition) is 0. The van der Waals surface area contributed by atoms with Crippen LogP contribution in [-0.4, -0.2) is 45.1 Å². The summed E-state index contributed by atoms with van der Waals surface area (Å²) in [6.07, 6.45) is 4.33. The zero-order valence-corrected chi connectivity index (χ0v) is 13.2. The molecule has 1 aliphatic heterocycles. The van der Waals surface area contributed by atoms with E-state index in [4.69, 9.17) is 4.74 Å². The lowest BCUT2D eigenvalue weighted by Gasteiger charge is -2.26. The molecule has 0 saturated carbocycles. The number of methoxy groups -OCH3 is 1. The highest BCUT2D eigenvalue weighted by Gasteiger charge is 2.39. The third-order valence-corrected chi connectivity index (χ3v) is 3.85. The Kier molecular flexibility index (Phi) is 4.29. The number of anilines is 1. The lowest BCUT2D eigenvalue weighted by atomic mass is 9.84. The van der Waals surface area contributed by atoms with Gasteiger partial charge in [-0.3, -0.25) is 0 Å². The lowest BCUT2D eigenvalue weighted by Crippen LogP contribution is -2.29. The van der Waals surface area contributed by atoms with Gasteiger partial charge in [0.25, 0.3) is 0 Å². The van der Waals surface area contributed by atoms with Crippen LogP contribution < -0.4 is 4.90 Å². The number of nitrogens with zero attached hydrogens (tertiary/aromatic N) is 2. The Morgan fingerprint density at radius 1 is 1.25 bits per heavy atom. The smallest absolute Gasteiger partial charge is 0.164 e. The third-order valence-electron chi connectivity index (χ3n) is 3.85. The molecule has 108 valence electrons. The van der Waals surface area contributed by atoms with Gasteiger partial charge in [0.1, 0.15) is 14.1 Å². The molecule has 0 fully saturated rings. The Balaban J connectivity index is 2.49. The van der Waals surface area contributed by atoms with Crippen molar-refractivity contribution in [3.8, 4) is 0 Å². The molecule has 3 nitrogen and oxygen atoms in total. The molecule has 0 saturated heterocycles. The van der Waals surface area contributed by atoms with Crippen molar-refractivity contribution >= 4 is 11.9 Å². The lowest BCUT2D eigenvalue weighted by molar-refractivity contribution is -0.458. The van der Waals surface area contributed by atoms with E-state index in [1.165, 1.54) is 16.9 Å². The SMILES string of the molecule is COCCN1C(=CC=[N+](C)C)C(C)(C)c2ccccc21. The molecule has 0 unspecified atom stereocenters. The highest BCUT2D eigenvalue weighted by molar-refractivity contribution is 5.77. The van der Waals surface area contributed by atoms with Crippen LogP contribution in [0.4, 0.5) is 5.69 Å². The maximum atomic E-state index is 5.27. The van der Waals surface area contributed by atoms with E-state index in [2.05, 4.69) is 59.9 Å². The van der Waals surface area contributed by atoms with Crippen molar-refractivity contribution in [2.75, 3.05) is 39.3 Å². The Morgan fingerprint density at radius 3 is 2.60 bits per heavy atom. The summed E-state index contributed by atoms with van der Waals surface area (Å²) >= 11 is 0. The van der Waals surface area contributed by atoms with E-state index in [-0.39, 0.29) is 5.41 Å². The van der Waals surface area contributed by atoms with Crippen LogP contribution in [-0.2, 0) is 10.2 Å². The van der Waals surface area contributed by atoms with Gasteiger partial charge in [-0.05, 0) is 11.6 Å². The first-order valence-corrected chi connectivity index (χ1v) is 7.06. The molecular weight excluding hydrogens is 248 g/mol. The molecule has 1 aromatic carbocycles. The van der Waals surface area contributed by atoms with Gasteiger partial charge in [-0.15, -0.1) is 0 Å². The second kappa shape index (κ2) is 5.80. The largest absolute Gasteiger partial charge is 0.383 e. The summed E-state index contributed by atoms with van der Waals surface area (Å²) in [6, 6.07) is 8.65. The van der Waals surface area contributed by atoms with Crippen molar-refractivity contribution < 1.29 is 9.31 Å². The molecule has 0 atom stereocenters. The number of benzene rings is 1. The van der Waals surface area contributed by atoms with Gasteiger partial charge in [-0.25, -0.2) is 4.58 Å². The van der Waals surface area contributed by atoms with Gasteiger partial charge in [-0.2, -0.15) is 0 Å². The van der Waals surface area contributed by atoms with Gasteiger partial charge >= 0.3 is 0 Å². The molecule has 1 aromatic rings. The summed E-state index contributed by atoms with van der Waals surface area (Å²) in [6.45, 7) is 6.18. The van der Waals surface area contributed by atoms with Gasteiger partial charge in [0.2, 0.25) is 0 Å². The number of hydrogen-bond acceptors (Lipinski definition) is 2. The fraction of sp³-hybridized carbons (Fsp3) is 0.471. The number of rotatable bonds is 4. The molecule has 0 radical (unpaired) electrons. The first-order valence-electron chi connectivity index (χ1n) is 7.06. The van der Waals surface area contributed by atoms with Crippen molar-refractivity contribution in [3.63, 3.8) is 0 Å². The second-order valence-corrected chi connectivity index (χ2v) is 5.95. The van der Waals surface area contributed by atoms with Crippen LogP contribution in [0.1, 0.15) is 19.4 Å². The van der Waals surface area contributed by atoms with Crippen LogP contribution >= 0.6 is 0 Å². The average Bonchev–Trinajstić information content (AvgIpc) is 2.62. The topological polar surface area (TPSA) is 15.5 Å². The third kappa shape index (κ3) is 2.63. The number of para-hydroxylation sites is 1. The van der Waals surface area contributed by atoms with Crippen LogP contribution in [0.3, 0.4) is 0 Å². The molecule has 0 aromatic heterocycles. The first-order chi connectivity index (χ1) is 9.48. The number of ether oxygens (including phenoxy) is 1. The standard InChI is InChI=1S/C17H25N2O/c1-17(2)14-8-6-7-9-15(14)19(12-13-20-5)16(17)10-11-18(3)4/h6-11H,12-13H2,1-5H3/q+1. The van der Waals surface area contributed by atoms with E-state index in [1.54, 1.807) is 7.11 Å². The molecule has 20 heavy (non-hydrogen) atoms. The second-order valence-electron chi connectivity index (χ2n) is 5.95. The molecule has 0 N–H and O–H groups in total. The molecule has 1 heterocycles. The molecular formula is C17H25N2O+. The minimum Gasteiger partial charge on any atom is -0.383 e. The van der Waals surface area contributed by atoms with Crippen molar-refractivity contribution in [1.82, 2.24) is 0 Å². The van der Waals surface area contributed by atoms with Crippen molar-refractivity contribution in [3.05, 3.63) is 41.6 Å². The average molecular weight is 273 g/mol. The molecule has 1 aliphatic rings. The van der Waals surface area contributed by atoms with Crippen LogP contribution in [0.5, 0.6) is 0 Å². The van der Waals surface area contributed by atoms with Crippen LogP contribution in [0.15, 0.2) is 36.0 Å². The first kappa shape index (κ1) is 14.8. The summed E-state index contributed by atoms with van der Waals surface area (Å²) in [4.78, 5) is 2.37. The summed E-state index contributed by atoms with van der Waals surface area (Å²) < 4.78 is 7.34. The zero-order valence-electron chi connectivity index (χ0n) is 13.2. The summed E-state index contributed by atoms with van der Waals surface area (Å²) in [5.41, 5.74) is 4.03. The molecule has 0 bridgehead atoms. The van der Waals surface area contributed by atoms with E-state index in [9.17, 15) is 0 Å². The predicted molar refractivity (Wildman–Crippen MR) is 84.9 cm³/mol. The Labute approximate surface area is 122 Å². The van der Waals surface area contributed by atoms with Gasteiger partial charge in [0.05, 0.1) is 6.61 Å². The summed E-state index contributed by atoms with van der Waals surface area (Å²) in [5.74, 6) is 0. The molecule has 3 heteroatoms. The maximum absolute atomic E-state index is 5.27. The summed E-state index contributed by atoms with van der Waals surface area (Å²) in [5, 5.41) is 0. The van der Waals surface area contributed by atoms with E-state index in [0.717, 1.165) is 13.2 Å². The van der Waals surface area contributed by atoms with Gasteiger partial charge in [0, 0.05) is 36.5 Å². The number of fused-ring (bicyclic) bond motifs is 1. The van der Waals surface area contributed by atoms with Crippen LogP contribution in [0.2, 0.25) is 0 Å². The molecule has 0 amide bonds.